The topological polar surface area (TPSA) is 65.1 Å². The zero-order valence-corrected chi connectivity index (χ0v) is 12.0. The fraction of sp³-hybridized carbons (Fsp3) is 0.154. The smallest absolute Gasteiger partial charge is 0.288 e. The lowest BCUT2D eigenvalue weighted by Crippen LogP contribution is -2.20. The second-order valence-electron chi connectivity index (χ2n) is 4.30. The van der Waals surface area contributed by atoms with Crippen molar-refractivity contribution in [3.05, 3.63) is 72.1 Å². The third-order valence-corrected chi connectivity index (χ3v) is 3.44. The molecule has 0 saturated carbocycles. The van der Waals surface area contributed by atoms with Gasteiger partial charge in [0.15, 0.2) is 0 Å². The third-order valence-electron chi connectivity index (χ3n) is 2.86. The van der Waals surface area contributed by atoms with Gasteiger partial charge in [-0.3, -0.25) is 14.9 Å². The van der Waals surface area contributed by atoms with Gasteiger partial charge >= 0.3 is 0 Å². The van der Waals surface area contributed by atoms with Gasteiger partial charge in [-0.2, -0.15) is 0 Å². The van der Waals surface area contributed by atoms with E-state index in [0.29, 0.717) is 21.2 Å². The molecule has 20 heavy (non-hydrogen) atoms. The van der Waals surface area contributed by atoms with Crippen LogP contribution in [0.2, 0.25) is 10.0 Å². The maximum atomic E-state index is 11.9. The Kier molecular flexibility index (Phi) is 4.11. The first-order valence-electron chi connectivity index (χ1n) is 5.68. The third kappa shape index (κ3) is 3.00. The van der Waals surface area contributed by atoms with Crippen LogP contribution in [0.15, 0.2) is 35.3 Å². The molecule has 0 aliphatic heterocycles. The predicted octanol–water partition coefficient (Wildman–Crippen LogP) is 3.42. The van der Waals surface area contributed by atoms with Crippen molar-refractivity contribution < 1.29 is 4.92 Å². The van der Waals surface area contributed by atoms with E-state index >= 15 is 0 Å². The molecule has 0 unspecified atom stereocenters. The van der Waals surface area contributed by atoms with Gasteiger partial charge in [-0.1, -0.05) is 29.3 Å². The molecule has 1 heterocycles. The molecule has 0 atom stereocenters. The van der Waals surface area contributed by atoms with Crippen molar-refractivity contribution in [2.45, 2.75) is 13.5 Å². The Hall–Kier alpha value is -1.85. The van der Waals surface area contributed by atoms with Crippen LogP contribution >= 0.6 is 23.2 Å². The highest BCUT2D eigenvalue weighted by molar-refractivity contribution is 6.35. The monoisotopic (exact) mass is 312 g/mol. The lowest BCUT2D eigenvalue weighted by Gasteiger charge is -2.08. The van der Waals surface area contributed by atoms with Gasteiger partial charge in [-0.15, -0.1) is 0 Å². The molecule has 104 valence electrons. The van der Waals surface area contributed by atoms with Gasteiger partial charge in [0.05, 0.1) is 17.7 Å². The van der Waals surface area contributed by atoms with E-state index in [1.165, 1.54) is 23.8 Å². The maximum Gasteiger partial charge on any atom is 0.288 e. The van der Waals surface area contributed by atoms with Crippen LogP contribution in [0.4, 0.5) is 5.69 Å². The van der Waals surface area contributed by atoms with Crippen molar-refractivity contribution in [2.75, 3.05) is 0 Å². The molecule has 0 aliphatic carbocycles. The largest absolute Gasteiger partial charge is 0.304 e. The molecule has 2 rings (SSSR count). The summed E-state index contributed by atoms with van der Waals surface area (Å²) in [5.74, 6) is 0. The minimum atomic E-state index is -0.519. The fourth-order valence-corrected chi connectivity index (χ4v) is 2.27. The molecule has 7 heteroatoms. The van der Waals surface area contributed by atoms with Crippen molar-refractivity contribution in [3.63, 3.8) is 0 Å². The number of aryl methyl sites for hydroxylation is 1. The summed E-state index contributed by atoms with van der Waals surface area (Å²) >= 11 is 11.8. The van der Waals surface area contributed by atoms with Gasteiger partial charge < -0.3 is 4.57 Å². The summed E-state index contributed by atoms with van der Waals surface area (Å²) in [6, 6.07) is 6.13. The number of hydrogen-bond donors (Lipinski definition) is 0. The molecule has 1 aromatic heterocycles. The highest BCUT2D eigenvalue weighted by Crippen LogP contribution is 2.22. The molecule has 5 nitrogen and oxygen atoms in total. The first-order valence-corrected chi connectivity index (χ1v) is 6.43. The number of pyridine rings is 1. The number of nitro groups is 1. The molecule has 2 aromatic rings. The Morgan fingerprint density at radius 1 is 1.30 bits per heavy atom. The number of aromatic nitrogens is 1. The molecule has 0 amide bonds. The molecular formula is C13H10Cl2N2O3. The van der Waals surface area contributed by atoms with Crippen LogP contribution in [0.5, 0.6) is 0 Å². The Labute approximate surface area is 124 Å². The van der Waals surface area contributed by atoms with Gasteiger partial charge in [0.25, 0.3) is 11.2 Å². The molecule has 0 fully saturated rings. The molecule has 0 spiro atoms. The van der Waals surface area contributed by atoms with Gasteiger partial charge in [0.2, 0.25) is 0 Å². The maximum absolute atomic E-state index is 11.9. The van der Waals surface area contributed by atoms with E-state index in [-0.39, 0.29) is 17.8 Å². The molecule has 0 N–H and O–H groups in total. The minimum absolute atomic E-state index is 0.102. The lowest BCUT2D eigenvalue weighted by molar-refractivity contribution is -0.385. The normalized spacial score (nSPS) is 10.6. The van der Waals surface area contributed by atoms with Crippen LogP contribution in [0.1, 0.15) is 11.1 Å². The fourth-order valence-electron chi connectivity index (χ4n) is 1.80. The average Bonchev–Trinajstić information content (AvgIpc) is 2.35. The molecule has 1 aromatic carbocycles. The highest BCUT2D eigenvalue weighted by Gasteiger charge is 2.14. The molecule has 0 saturated heterocycles. The average molecular weight is 313 g/mol. The first-order chi connectivity index (χ1) is 9.38. The van der Waals surface area contributed by atoms with E-state index in [1.54, 1.807) is 18.2 Å². The van der Waals surface area contributed by atoms with Crippen molar-refractivity contribution in [2.24, 2.45) is 0 Å². The Bertz CT molecular complexity index is 741. The van der Waals surface area contributed by atoms with Crippen LogP contribution in [-0.2, 0) is 6.54 Å². The molecule has 0 bridgehead atoms. The summed E-state index contributed by atoms with van der Waals surface area (Å²) in [6.45, 7) is 1.68. The quantitative estimate of drug-likeness (QED) is 0.644. The number of rotatable bonds is 3. The van der Waals surface area contributed by atoms with Crippen molar-refractivity contribution in [1.82, 2.24) is 4.57 Å². The zero-order valence-electron chi connectivity index (χ0n) is 10.5. The number of benzene rings is 1. The number of halogens is 2. The molecule has 0 radical (unpaired) electrons. The zero-order chi connectivity index (χ0) is 14.9. The van der Waals surface area contributed by atoms with Gasteiger partial charge in [0.1, 0.15) is 0 Å². The second-order valence-corrected chi connectivity index (χ2v) is 5.14. The van der Waals surface area contributed by atoms with E-state index in [2.05, 4.69) is 0 Å². The SMILES string of the molecule is Cc1cc(=O)n(Cc2ccc(Cl)cc2Cl)cc1[N+](=O)[O-]. The minimum Gasteiger partial charge on any atom is -0.304 e. The van der Waals surface area contributed by atoms with Crippen LogP contribution in [0, 0.1) is 17.0 Å². The standard InChI is InChI=1S/C13H10Cl2N2O3/c1-8-4-13(18)16(7-12(8)17(19)20)6-9-2-3-10(14)5-11(9)15/h2-5,7H,6H2,1H3. The summed E-state index contributed by atoms with van der Waals surface area (Å²) < 4.78 is 1.25. The Morgan fingerprint density at radius 3 is 2.60 bits per heavy atom. The first kappa shape index (κ1) is 14.6. The molecular weight excluding hydrogens is 303 g/mol. The van der Waals surface area contributed by atoms with Gasteiger partial charge in [0, 0.05) is 21.7 Å². The van der Waals surface area contributed by atoms with Crippen molar-refractivity contribution in [1.29, 1.82) is 0 Å². The van der Waals surface area contributed by atoms with Crippen LogP contribution < -0.4 is 5.56 Å². The molecule has 0 aliphatic rings. The summed E-state index contributed by atoms with van der Waals surface area (Å²) in [7, 11) is 0. The van der Waals surface area contributed by atoms with E-state index in [4.69, 9.17) is 23.2 Å². The van der Waals surface area contributed by atoms with Crippen LogP contribution in [0.3, 0.4) is 0 Å². The number of hydrogen-bond acceptors (Lipinski definition) is 3. The lowest BCUT2D eigenvalue weighted by atomic mass is 10.2. The van der Waals surface area contributed by atoms with Crippen molar-refractivity contribution in [3.8, 4) is 0 Å². The van der Waals surface area contributed by atoms with E-state index in [0.717, 1.165) is 0 Å². The predicted molar refractivity (Wildman–Crippen MR) is 77.7 cm³/mol. The van der Waals surface area contributed by atoms with Crippen LogP contribution in [0.25, 0.3) is 0 Å². The number of nitrogens with zero attached hydrogens (tertiary/aromatic N) is 2. The van der Waals surface area contributed by atoms with E-state index < -0.39 is 4.92 Å². The summed E-state index contributed by atoms with van der Waals surface area (Å²) in [4.78, 5) is 22.2. The second kappa shape index (κ2) is 5.64. The Morgan fingerprint density at radius 2 is 2.00 bits per heavy atom. The van der Waals surface area contributed by atoms with Crippen LogP contribution in [-0.4, -0.2) is 9.49 Å². The highest BCUT2D eigenvalue weighted by atomic mass is 35.5. The van der Waals surface area contributed by atoms with E-state index in [9.17, 15) is 14.9 Å². The summed E-state index contributed by atoms with van der Waals surface area (Å²) in [6.07, 6.45) is 1.22. The Balaban J connectivity index is 2.46. The summed E-state index contributed by atoms with van der Waals surface area (Å²) in [5.41, 5.74) is 0.573. The van der Waals surface area contributed by atoms with Gasteiger partial charge in [-0.25, -0.2) is 0 Å². The van der Waals surface area contributed by atoms with Gasteiger partial charge in [-0.05, 0) is 24.6 Å². The van der Waals surface area contributed by atoms with E-state index in [1.807, 2.05) is 0 Å². The summed E-state index contributed by atoms with van der Waals surface area (Å²) in [5, 5.41) is 11.8. The van der Waals surface area contributed by atoms with Crippen molar-refractivity contribution >= 4 is 28.9 Å².